The first-order valence-electron chi connectivity index (χ1n) is 5.43. The fourth-order valence-electron chi connectivity index (χ4n) is 1.36. The van der Waals surface area contributed by atoms with E-state index in [0.717, 1.165) is 13.0 Å². The zero-order chi connectivity index (χ0) is 12.2. The number of nitrogens with zero attached hydrogens (tertiary/aromatic N) is 1. The van der Waals surface area contributed by atoms with Gasteiger partial charge in [-0.15, -0.1) is 6.58 Å². The third kappa shape index (κ3) is 3.57. The molecule has 0 aliphatic carbocycles. The van der Waals surface area contributed by atoms with Gasteiger partial charge in [-0.1, -0.05) is 6.08 Å². The molecule has 0 aliphatic heterocycles. The molecule has 0 fully saturated rings. The maximum Gasteiger partial charge on any atom is 0.355 e. The summed E-state index contributed by atoms with van der Waals surface area (Å²) >= 11 is 0. The van der Waals surface area contributed by atoms with Gasteiger partial charge in [-0.25, -0.2) is 4.79 Å². The highest BCUT2D eigenvalue weighted by molar-refractivity contribution is 5.88. The van der Waals surface area contributed by atoms with E-state index < -0.39 is 5.60 Å². The standard InChI is InChI=1S/C13H19NO2/c1-5-6-9-14-10-7-8-11(14)12(15)16-13(2,3)4/h5,7-8,10H,1,6,9H2,2-4H3. The Hall–Kier alpha value is -1.51. The highest BCUT2D eigenvalue weighted by atomic mass is 16.6. The van der Waals surface area contributed by atoms with E-state index in [-0.39, 0.29) is 5.97 Å². The lowest BCUT2D eigenvalue weighted by Gasteiger charge is -2.20. The van der Waals surface area contributed by atoms with Gasteiger partial charge in [0.2, 0.25) is 0 Å². The monoisotopic (exact) mass is 221 g/mol. The average Bonchev–Trinajstić information content (AvgIpc) is 2.59. The van der Waals surface area contributed by atoms with Crippen molar-refractivity contribution >= 4 is 5.97 Å². The van der Waals surface area contributed by atoms with Crippen LogP contribution in [0.4, 0.5) is 0 Å². The van der Waals surface area contributed by atoms with E-state index in [4.69, 9.17) is 4.74 Å². The summed E-state index contributed by atoms with van der Waals surface area (Å²) in [5.74, 6) is -0.276. The molecule has 1 rings (SSSR count). The molecule has 0 amide bonds. The molecule has 0 radical (unpaired) electrons. The van der Waals surface area contributed by atoms with Crippen LogP contribution in [0.5, 0.6) is 0 Å². The van der Waals surface area contributed by atoms with E-state index in [1.165, 1.54) is 0 Å². The van der Waals surface area contributed by atoms with Crippen LogP contribution >= 0.6 is 0 Å². The lowest BCUT2D eigenvalue weighted by Crippen LogP contribution is -2.25. The number of aromatic nitrogens is 1. The van der Waals surface area contributed by atoms with Crippen molar-refractivity contribution in [2.24, 2.45) is 0 Å². The second-order valence-corrected chi connectivity index (χ2v) is 4.67. The Labute approximate surface area is 96.7 Å². The maximum atomic E-state index is 11.8. The van der Waals surface area contributed by atoms with E-state index in [1.807, 2.05) is 43.7 Å². The molecule has 0 aliphatic rings. The van der Waals surface area contributed by atoms with E-state index in [1.54, 1.807) is 6.07 Å². The molecule has 3 heteroatoms. The minimum Gasteiger partial charge on any atom is -0.455 e. The third-order valence-corrected chi connectivity index (χ3v) is 2.01. The molecule has 1 aromatic rings. The number of carbonyl (C=O) groups is 1. The first-order chi connectivity index (χ1) is 7.44. The summed E-state index contributed by atoms with van der Waals surface area (Å²) in [4.78, 5) is 11.8. The van der Waals surface area contributed by atoms with Crippen molar-refractivity contribution in [2.75, 3.05) is 0 Å². The van der Waals surface area contributed by atoms with Gasteiger partial charge in [0.05, 0.1) is 0 Å². The number of ether oxygens (including phenoxy) is 1. The molecule has 0 unspecified atom stereocenters. The largest absolute Gasteiger partial charge is 0.455 e. The number of hydrogen-bond donors (Lipinski definition) is 0. The first kappa shape index (κ1) is 12.6. The lowest BCUT2D eigenvalue weighted by molar-refractivity contribution is 0.00577. The van der Waals surface area contributed by atoms with Crippen molar-refractivity contribution in [3.8, 4) is 0 Å². The summed E-state index contributed by atoms with van der Waals surface area (Å²) in [5, 5.41) is 0. The predicted molar refractivity (Wildman–Crippen MR) is 64.4 cm³/mol. The Kier molecular flexibility index (Phi) is 3.93. The molecule has 16 heavy (non-hydrogen) atoms. The minimum absolute atomic E-state index is 0.276. The Morgan fingerprint density at radius 1 is 1.56 bits per heavy atom. The molecule has 0 saturated carbocycles. The molecule has 88 valence electrons. The normalized spacial score (nSPS) is 11.2. The van der Waals surface area contributed by atoms with Gasteiger partial charge in [0.25, 0.3) is 0 Å². The Balaban J connectivity index is 2.75. The molecular weight excluding hydrogens is 202 g/mol. The smallest absolute Gasteiger partial charge is 0.355 e. The Bertz CT molecular complexity index is 372. The molecule has 3 nitrogen and oxygen atoms in total. The summed E-state index contributed by atoms with van der Waals surface area (Å²) in [6.07, 6.45) is 4.55. The highest BCUT2D eigenvalue weighted by Gasteiger charge is 2.19. The molecular formula is C13H19NO2. The van der Waals surface area contributed by atoms with Crippen molar-refractivity contribution < 1.29 is 9.53 Å². The van der Waals surface area contributed by atoms with Crippen LogP contribution < -0.4 is 0 Å². The third-order valence-electron chi connectivity index (χ3n) is 2.01. The van der Waals surface area contributed by atoms with Gasteiger partial charge in [0, 0.05) is 12.7 Å². The second-order valence-electron chi connectivity index (χ2n) is 4.67. The Morgan fingerprint density at radius 2 is 2.25 bits per heavy atom. The van der Waals surface area contributed by atoms with Crippen LogP contribution in [0, 0.1) is 0 Å². The summed E-state index contributed by atoms with van der Waals surface area (Å²) in [6.45, 7) is 10.0. The minimum atomic E-state index is -0.454. The molecule has 1 aromatic heterocycles. The first-order valence-corrected chi connectivity index (χ1v) is 5.43. The number of carbonyl (C=O) groups excluding carboxylic acids is 1. The summed E-state index contributed by atoms with van der Waals surface area (Å²) in [6, 6.07) is 3.62. The van der Waals surface area contributed by atoms with Crippen molar-refractivity contribution in [3.05, 3.63) is 36.7 Å². The van der Waals surface area contributed by atoms with Crippen molar-refractivity contribution in [3.63, 3.8) is 0 Å². The maximum absolute atomic E-state index is 11.8. The fraction of sp³-hybridized carbons (Fsp3) is 0.462. The highest BCUT2D eigenvalue weighted by Crippen LogP contribution is 2.13. The average molecular weight is 221 g/mol. The molecule has 0 N–H and O–H groups in total. The van der Waals surface area contributed by atoms with Crippen molar-refractivity contribution in [1.82, 2.24) is 4.57 Å². The molecule has 0 atom stereocenters. The molecule has 0 spiro atoms. The van der Waals surface area contributed by atoms with E-state index >= 15 is 0 Å². The number of esters is 1. The number of aryl methyl sites for hydroxylation is 1. The summed E-state index contributed by atoms with van der Waals surface area (Å²) in [7, 11) is 0. The van der Waals surface area contributed by atoms with Crippen LogP contribution in [0.25, 0.3) is 0 Å². The Morgan fingerprint density at radius 3 is 2.81 bits per heavy atom. The lowest BCUT2D eigenvalue weighted by atomic mass is 10.2. The van der Waals surface area contributed by atoms with Crippen LogP contribution in [0.15, 0.2) is 31.0 Å². The van der Waals surface area contributed by atoms with E-state index in [0.29, 0.717) is 5.69 Å². The van der Waals surface area contributed by atoms with E-state index in [2.05, 4.69) is 6.58 Å². The molecule has 0 aromatic carbocycles. The van der Waals surface area contributed by atoms with Gasteiger partial charge in [0.1, 0.15) is 11.3 Å². The quantitative estimate of drug-likeness (QED) is 0.578. The van der Waals surface area contributed by atoms with Gasteiger partial charge in [-0.05, 0) is 39.3 Å². The zero-order valence-corrected chi connectivity index (χ0v) is 10.2. The van der Waals surface area contributed by atoms with Gasteiger partial charge in [0.15, 0.2) is 0 Å². The van der Waals surface area contributed by atoms with Crippen LogP contribution in [-0.4, -0.2) is 16.1 Å². The van der Waals surface area contributed by atoms with Gasteiger partial charge >= 0.3 is 5.97 Å². The molecule has 1 heterocycles. The summed E-state index contributed by atoms with van der Waals surface area (Å²) in [5.41, 5.74) is 0.140. The molecule has 0 bridgehead atoms. The number of rotatable bonds is 4. The topological polar surface area (TPSA) is 31.2 Å². The SMILES string of the molecule is C=CCCn1cccc1C(=O)OC(C)(C)C. The fourth-order valence-corrected chi connectivity index (χ4v) is 1.36. The van der Waals surface area contributed by atoms with Crippen LogP contribution in [0.2, 0.25) is 0 Å². The van der Waals surface area contributed by atoms with Crippen LogP contribution in [0.3, 0.4) is 0 Å². The van der Waals surface area contributed by atoms with Gasteiger partial charge < -0.3 is 9.30 Å². The van der Waals surface area contributed by atoms with Crippen molar-refractivity contribution in [2.45, 2.75) is 39.3 Å². The molecule has 0 saturated heterocycles. The summed E-state index contributed by atoms with van der Waals surface area (Å²) < 4.78 is 7.20. The van der Waals surface area contributed by atoms with Crippen LogP contribution in [-0.2, 0) is 11.3 Å². The number of allylic oxidation sites excluding steroid dienone is 1. The van der Waals surface area contributed by atoms with Gasteiger partial charge in [-0.3, -0.25) is 0 Å². The predicted octanol–water partition coefficient (Wildman–Crippen LogP) is 3.02. The van der Waals surface area contributed by atoms with Crippen molar-refractivity contribution in [1.29, 1.82) is 0 Å². The van der Waals surface area contributed by atoms with E-state index in [9.17, 15) is 4.79 Å². The van der Waals surface area contributed by atoms with Crippen LogP contribution in [0.1, 0.15) is 37.7 Å². The second kappa shape index (κ2) is 5.01. The number of hydrogen-bond acceptors (Lipinski definition) is 2. The van der Waals surface area contributed by atoms with Gasteiger partial charge in [-0.2, -0.15) is 0 Å². The zero-order valence-electron chi connectivity index (χ0n) is 10.2.